The normalized spacial score (nSPS) is 17.0. The highest BCUT2D eigenvalue weighted by Crippen LogP contribution is 2.39. The molecule has 1 heterocycles. The first-order valence-electron chi connectivity index (χ1n) is 7.47. The standard InChI is InChI=1S/C16H22N2O3/c1-4-16(5-2)8-9-17(11-16)13-6-7-15(18(20)21)14(10-13)12(3)19/h6-7,10H,4-5,8-9,11H2,1-3H3. The number of anilines is 1. The van der Waals surface area contributed by atoms with Crippen LogP contribution in [-0.4, -0.2) is 23.8 Å². The van der Waals surface area contributed by atoms with E-state index in [1.54, 1.807) is 12.1 Å². The molecule has 1 aliphatic heterocycles. The zero-order valence-corrected chi connectivity index (χ0v) is 12.9. The van der Waals surface area contributed by atoms with Crippen molar-refractivity contribution in [3.05, 3.63) is 33.9 Å². The van der Waals surface area contributed by atoms with Crippen molar-refractivity contribution in [2.24, 2.45) is 5.41 Å². The molecular weight excluding hydrogens is 268 g/mol. The Morgan fingerprint density at radius 2 is 2.05 bits per heavy atom. The van der Waals surface area contributed by atoms with Gasteiger partial charge in [0, 0.05) is 24.8 Å². The van der Waals surface area contributed by atoms with Gasteiger partial charge in [0.15, 0.2) is 5.78 Å². The molecule has 1 saturated heterocycles. The summed E-state index contributed by atoms with van der Waals surface area (Å²) in [6.07, 6.45) is 3.39. The van der Waals surface area contributed by atoms with Crippen molar-refractivity contribution in [1.82, 2.24) is 0 Å². The van der Waals surface area contributed by atoms with Crippen LogP contribution >= 0.6 is 0 Å². The number of nitro benzene ring substituents is 1. The quantitative estimate of drug-likeness (QED) is 0.470. The Morgan fingerprint density at radius 1 is 1.38 bits per heavy atom. The van der Waals surface area contributed by atoms with Crippen LogP contribution in [0.25, 0.3) is 0 Å². The number of rotatable bonds is 5. The highest BCUT2D eigenvalue weighted by atomic mass is 16.6. The van der Waals surface area contributed by atoms with E-state index >= 15 is 0 Å². The summed E-state index contributed by atoms with van der Waals surface area (Å²) in [5.74, 6) is -0.264. The van der Waals surface area contributed by atoms with Crippen molar-refractivity contribution >= 4 is 17.2 Å². The van der Waals surface area contributed by atoms with Crippen LogP contribution in [0.5, 0.6) is 0 Å². The van der Waals surface area contributed by atoms with Gasteiger partial charge >= 0.3 is 0 Å². The second-order valence-electron chi connectivity index (χ2n) is 5.89. The number of carbonyl (C=O) groups is 1. The third-order valence-corrected chi connectivity index (χ3v) is 4.86. The number of nitro groups is 1. The zero-order valence-electron chi connectivity index (χ0n) is 12.9. The monoisotopic (exact) mass is 290 g/mol. The molecule has 0 spiro atoms. The lowest BCUT2D eigenvalue weighted by atomic mass is 9.82. The fourth-order valence-corrected chi connectivity index (χ4v) is 3.14. The molecule has 1 aromatic rings. The highest BCUT2D eigenvalue weighted by molar-refractivity contribution is 5.99. The fourth-order valence-electron chi connectivity index (χ4n) is 3.14. The molecule has 114 valence electrons. The minimum Gasteiger partial charge on any atom is -0.371 e. The van der Waals surface area contributed by atoms with Crippen molar-refractivity contribution in [3.63, 3.8) is 0 Å². The topological polar surface area (TPSA) is 63.4 Å². The number of Topliss-reactive ketones (excluding diaryl/α,β-unsaturated/α-hetero) is 1. The molecule has 0 bridgehead atoms. The minimum atomic E-state index is -0.493. The summed E-state index contributed by atoms with van der Waals surface area (Å²) in [6, 6.07) is 4.87. The maximum absolute atomic E-state index is 11.7. The van der Waals surface area contributed by atoms with Gasteiger partial charge in [0.1, 0.15) is 0 Å². The van der Waals surface area contributed by atoms with Gasteiger partial charge in [-0.05, 0) is 43.7 Å². The first-order valence-corrected chi connectivity index (χ1v) is 7.47. The molecule has 21 heavy (non-hydrogen) atoms. The predicted octanol–water partition coefficient (Wildman–Crippen LogP) is 3.81. The lowest BCUT2D eigenvalue weighted by Crippen LogP contribution is -2.26. The Balaban J connectivity index is 2.32. The van der Waals surface area contributed by atoms with Gasteiger partial charge in [0.25, 0.3) is 5.69 Å². The van der Waals surface area contributed by atoms with E-state index in [0.717, 1.165) is 38.0 Å². The Bertz CT molecular complexity index is 565. The summed E-state index contributed by atoms with van der Waals surface area (Å²) in [6.45, 7) is 7.69. The molecule has 0 amide bonds. The van der Waals surface area contributed by atoms with Gasteiger partial charge in [-0.25, -0.2) is 0 Å². The highest BCUT2D eigenvalue weighted by Gasteiger charge is 2.35. The lowest BCUT2D eigenvalue weighted by molar-refractivity contribution is -0.385. The number of hydrogen-bond acceptors (Lipinski definition) is 4. The molecule has 0 atom stereocenters. The van der Waals surface area contributed by atoms with Gasteiger partial charge in [-0.1, -0.05) is 13.8 Å². The first-order chi connectivity index (χ1) is 9.92. The minimum absolute atomic E-state index is 0.109. The summed E-state index contributed by atoms with van der Waals surface area (Å²) in [5, 5.41) is 11.0. The number of ketones is 1. The SMILES string of the molecule is CCC1(CC)CCN(c2ccc([N+](=O)[O-])c(C(C)=O)c2)C1. The van der Waals surface area contributed by atoms with Crippen molar-refractivity contribution < 1.29 is 9.72 Å². The Hall–Kier alpha value is -1.91. The molecular formula is C16H22N2O3. The van der Waals surface area contributed by atoms with Crippen molar-refractivity contribution in [3.8, 4) is 0 Å². The van der Waals surface area contributed by atoms with Crippen molar-refractivity contribution in [2.75, 3.05) is 18.0 Å². The van der Waals surface area contributed by atoms with Crippen molar-refractivity contribution in [2.45, 2.75) is 40.0 Å². The second-order valence-corrected chi connectivity index (χ2v) is 5.89. The summed E-state index contributed by atoms with van der Waals surface area (Å²) >= 11 is 0. The maximum atomic E-state index is 11.7. The average molecular weight is 290 g/mol. The molecule has 2 rings (SSSR count). The van der Waals surface area contributed by atoms with E-state index in [4.69, 9.17) is 0 Å². The van der Waals surface area contributed by atoms with E-state index in [1.807, 2.05) is 0 Å². The number of nitrogens with zero attached hydrogens (tertiary/aromatic N) is 2. The van der Waals surface area contributed by atoms with Crippen LogP contribution in [-0.2, 0) is 0 Å². The molecule has 5 nitrogen and oxygen atoms in total. The molecule has 0 unspecified atom stereocenters. The van der Waals surface area contributed by atoms with Gasteiger partial charge < -0.3 is 4.90 Å². The van der Waals surface area contributed by atoms with Crippen LogP contribution in [0.4, 0.5) is 11.4 Å². The Morgan fingerprint density at radius 3 is 2.52 bits per heavy atom. The summed E-state index contributed by atoms with van der Waals surface area (Å²) in [4.78, 5) is 24.4. The smallest absolute Gasteiger partial charge is 0.280 e. The van der Waals surface area contributed by atoms with Crippen LogP contribution < -0.4 is 4.90 Å². The van der Waals surface area contributed by atoms with Gasteiger partial charge in [-0.15, -0.1) is 0 Å². The number of carbonyl (C=O) groups excluding carboxylic acids is 1. The zero-order chi connectivity index (χ0) is 15.6. The van der Waals surface area contributed by atoms with E-state index in [2.05, 4.69) is 18.7 Å². The number of benzene rings is 1. The Labute approximate surface area is 125 Å². The molecule has 0 aliphatic carbocycles. The lowest BCUT2D eigenvalue weighted by Gasteiger charge is -2.27. The van der Waals surface area contributed by atoms with Crippen LogP contribution in [0.2, 0.25) is 0 Å². The summed E-state index contributed by atoms with van der Waals surface area (Å²) in [7, 11) is 0. The van der Waals surface area contributed by atoms with Crippen LogP contribution in [0.1, 0.15) is 50.4 Å². The van der Waals surface area contributed by atoms with E-state index < -0.39 is 4.92 Å². The average Bonchev–Trinajstić information content (AvgIpc) is 2.91. The molecule has 1 fully saturated rings. The second kappa shape index (κ2) is 5.84. The number of hydrogen-bond donors (Lipinski definition) is 0. The van der Waals surface area contributed by atoms with Crippen LogP contribution in [0.15, 0.2) is 18.2 Å². The van der Waals surface area contributed by atoms with E-state index in [0.29, 0.717) is 5.41 Å². The van der Waals surface area contributed by atoms with Gasteiger partial charge in [-0.2, -0.15) is 0 Å². The molecule has 0 aromatic heterocycles. The van der Waals surface area contributed by atoms with Gasteiger partial charge in [0.05, 0.1) is 10.5 Å². The van der Waals surface area contributed by atoms with Gasteiger partial charge in [0.2, 0.25) is 0 Å². The predicted molar refractivity (Wildman–Crippen MR) is 82.9 cm³/mol. The van der Waals surface area contributed by atoms with Gasteiger partial charge in [-0.3, -0.25) is 14.9 Å². The summed E-state index contributed by atoms with van der Waals surface area (Å²) < 4.78 is 0. The van der Waals surface area contributed by atoms with E-state index in [-0.39, 0.29) is 17.0 Å². The van der Waals surface area contributed by atoms with E-state index in [1.165, 1.54) is 13.0 Å². The molecule has 0 N–H and O–H groups in total. The maximum Gasteiger partial charge on any atom is 0.280 e. The summed E-state index contributed by atoms with van der Waals surface area (Å²) in [5.41, 5.74) is 1.33. The third-order valence-electron chi connectivity index (χ3n) is 4.86. The fraction of sp³-hybridized carbons (Fsp3) is 0.562. The molecule has 1 aromatic carbocycles. The van der Waals surface area contributed by atoms with E-state index in [9.17, 15) is 14.9 Å². The van der Waals surface area contributed by atoms with Crippen LogP contribution in [0, 0.1) is 15.5 Å². The molecule has 0 radical (unpaired) electrons. The molecule has 1 aliphatic rings. The third kappa shape index (κ3) is 2.91. The van der Waals surface area contributed by atoms with Crippen molar-refractivity contribution in [1.29, 1.82) is 0 Å². The largest absolute Gasteiger partial charge is 0.371 e. The van der Waals surface area contributed by atoms with Crippen LogP contribution in [0.3, 0.4) is 0 Å². The Kier molecular flexibility index (Phi) is 4.30. The first kappa shape index (κ1) is 15.5. The molecule has 5 heteroatoms. The molecule has 0 saturated carbocycles.